The van der Waals surface area contributed by atoms with Crippen LogP contribution in [0.4, 0.5) is 17.6 Å². The number of carbonyl (C=O) groups excluding carboxylic acids is 3. The smallest absolute Gasteiger partial charge is 0.418 e. The number of aryl methyl sites for hydroxylation is 1. The molecule has 0 radical (unpaired) electrons. The molecule has 2 unspecified atom stereocenters. The maximum absolute atomic E-state index is 14.7. The van der Waals surface area contributed by atoms with Crippen molar-refractivity contribution < 1.29 is 36.4 Å². The van der Waals surface area contributed by atoms with E-state index in [9.17, 15) is 31.9 Å². The number of hydrogen-bond donors (Lipinski definition) is 5. The lowest BCUT2D eigenvalue weighted by molar-refractivity contribution is -0.137. The standard InChI is InChI=1S/C39H45F4N5O4S/c1-5-22(3)32(46-31(49)19-24-11-7-8-15-29(24)40)35(50)48-38(37(51)47-33(23(4)6-2)36(53)44-21-25-12-10-18-52-25)17-16-30-27(20-38)26-13-9-14-28(34(26)45-30)39(41,42)43/h7-15,18,22-23,32-33,45H,5-6,16-17,19-21H2,1-4H3,(H,44,53)(H,46,49)(H,47,51)(H,48,50)/t22?,23-,32-,33?,38+/m0/s1. The fourth-order valence-electron chi connectivity index (χ4n) is 6.80. The molecule has 9 nitrogen and oxygen atoms in total. The number of fused-ring (bicyclic) bond motifs is 3. The van der Waals surface area contributed by atoms with Crippen LogP contribution in [-0.2, 0) is 46.4 Å². The minimum absolute atomic E-state index is 0.0436. The molecule has 14 heteroatoms. The van der Waals surface area contributed by atoms with E-state index in [1.54, 1.807) is 31.2 Å². The second kappa shape index (κ2) is 16.5. The van der Waals surface area contributed by atoms with E-state index in [-0.39, 0.29) is 49.2 Å². The topological polar surface area (TPSA) is 128 Å². The molecule has 1 aliphatic carbocycles. The molecule has 0 bridgehead atoms. The van der Waals surface area contributed by atoms with Crippen molar-refractivity contribution in [2.24, 2.45) is 11.8 Å². The molecule has 3 amide bonds. The van der Waals surface area contributed by atoms with Crippen LogP contribution < -0.4 is 21.3 Å². The Morgan fingerprint density at radius 1 is 0.962 bits per heavy atom. The number of hydrogen-bond acceptors (Lipinski definition) is 5. The third kappa shape index (κ3) is 8.91. The first-order valence-corrected chi connectivity index (χ1v) is 18.2. The van der Waals surface area contributed by atoms with Gasteiger partial charge in [0.1, 0.15) is 23.2 Å². The molecule has 2 aromatic carbocycles. The van der Waals surface area contributed by atoms with Gasteiger partial charge in [-0.1, -0.05) is 83.1 Å². The second-order valence-electron chi connectivity index (χ2n) is 13.9. The monoisotopic (exact) mass is 755 g/mol. The lowest BCUT2D eigenvalue weighted by atomic mass is 9.78. The highest BCUT2D eigenvalue weighted by Crippen LogP contribution is 2.40. The molecule has 0 aliphatic heterocycles. The van der Waals surface area contributed by atoms with Gasteiger partial charge in [-0.05, 0) is 60.1 Å². The molecule has 4 aromatic rings. The second-order valence-corrected chi connectivity index (χ2v) is 14.3. The summed E-state index contributed by atoms with van der Waals surface area (Å²) in [4.78, 5) is 45.6. The van der Waals surface area contributed by atoms with Gasteiger partial charge < -0.3 is 30.7 Å². The maximum Gasteiger partial charge on any atom is 0.418 e. The van der Waals surface area contributed by atoms with Crippen molar-refractivity contribution in [1.82, 2.24) is 26.3 Å². The number of halogens is 4. The Hall–Kier alpha value is -4.72. The summed E-state index contributed by atoms with van der Waals surface area (Å²) >= 11 is 5.76. The predicted octanol–water partition coefficient (Wildman–Crippen LogP) is 6.68. The number of rotatable bonds is 14. The van der Waals surface area contributed by atoms with Crippen LogP contribution in [0.5, 0.6) is 0 Å². The van der Waals surface area contributed by atoms with E-state index < -0.39 is 58.8 Å². The van der Waals surface area contributed by atoms with Crippen molar-refractivity contribution in [1.29, 1.82) is 0 Å². The molecule has 5 rings (SSSR count). The predicted molar refractivity (Wildman–Crippen MR) is 197 cm³/mol. The van der Waals surface area contributed by atoms with Gasteiger partial charge in [-0.2, -0.15) is 13.2 Å². The summed E-state index contributed by atoms with van der Waals surface area (Å²) in [5, 5.41) is 12.2. The number of nitrogens with one attached hydrogen (secondary N) is 5. The zero-order chi connectivity index (χ0) is 38.5. The average molecular weight is 756 g/mol. The van der Waals surface area contributed by atoms with Crippen LogP contribution in [0.3, 0.4) is 0 Å². The lowest BCUT2D eigenvalue weighted by Crippen LogP contribution is -2.67. The first-order valence-electron chi connectivity index (χ1n) is 17.8. The first-order chi connectivity index (χ1) is 25.2. The molecular weight excluding hydrogens is 711 g/mol. The van der Waals surface area contributed by atoms with E-state index in [1.807, 2.05) is 20.8 Å². The van der Waals surface area contributed by atoms with Gasteiger partial charge in [0.25, 0.3) is 0 Å². The number of thiocarbonyl (C=S) groups is 1. The van der Waals surface area contributed by atoms with E-state index in [0.717, 1.165) is 6.07 Å². The molecule has 2 aromatic heterocycles. The Bertz CT molecular complexity index is 1950. The molecule has 5 N–H and O–H groups in total. The average Bonchev–Trinajstić information content (AvgIpc) is 3.79. The van der Waals surface area contributed by atoms with Gasteiger partial charge in [0.15, 0.2) is 0 Å². The van der Waals surface area contributed by atoms with Crippen LogP contribution in [0.15, 0.2) is 65.3 Å². The highest BCUT2D eigenvalue weighted by Gasteiger charge is 2.47. The van der Waals surface area contributed by atoms with E-state index >= 15 is 0 Å². The molecule has 53 heavy (non-hydrogen) atoms. The minimum atomic E-state index is -4.62. The highest BCUT2D eigenvalue weighted by molar-refractivity contribution is 7.80. The Balaban J connectivity index is 1.49. The summed E-state index contributed by atoms with van der Waals surface area (Å²) in [5.41, 5.74) is -1.38. The third-order valence-corrected chi connectivity index (χ3v) is 10.7. The molecule has 0 saturated heterocycles. The third-order valence-electron chi connectivity index (χ3n) is 10.3. The van der Waals surface area contributed by atoms with Gasteiger partial charge in [0.2, 0.25) is 17.7 Å². The summed E-state index contributed by atoms with van der Waals surface area (Å²) in [6.07, 6.45) is -2.20. The van der Waals surface area contributed by atoms with E-state index in [1.165, 1.54) is 30.5 Å². The Morgan fingerprint density at radius 2 is 1.68 bits per heavy atom. The quantitative estimate of drug-likeness (QED) is 0.0722. The zero-order valence-corrected chi connectivity index (χ0v) is 30.9. The molecule has 0 spiro atoms. The lowest BCUT2D eigenvalue weighted by Gasteiger charge is -2.40. The number of alkyl halides is 3. The number of aromatic amines is 1. The summed E-state index contributed by atoms with van der Waals surface area (Å²) in [7, 11) is 0. The number of para-hydroxylation sites is 1. The van der Waals surface area contributed by atoms with E-state index in [2.05, 4.69) is 26.3 Å². The molecule has 0 fully saturated rings. The molecule has 1 aliphatic rings. The number of benzene rings is 2. The van der Waals surface area contributed by atoms with Crippen molar-refractivity contribution in [3.8, 4) is 0 Å². The SMILES string of the molecule is CCC(C)[C@H](NC(=O)Cc1ccccc1F)C(=O)N[C@]1(C(=O)NC(C(=S)NCc2ccco2)[C@@H](C)CC)CCc2[nH]c3c(C(F)(F)F)cccc3c2C1. The number of aromatic nitrogens is 1. The van der Waals surface area contributed by atoms with Gasteiger partial charge in [0, 0.05) is 17.5 Å². The number of H-pyrrole nitrogens is 1. The molecule has 2 heterocycles. The molecular formula is C39H45F4N5O4S. The zero-order valence-electron chi connectivity index (χ0n) is 30.1. The van der Waals surface area contributed by atoms with Crippen molar-refractivity contribution >= 4 is 45.8 Å². The summed E-state index contributed by atoms with van der Waals surface area (Å²) in [6.45, 7) is 7.79. The van der Waals surface area contributed by atoms with Crippen molar-refractivity contribution in [2.45, 2.75) is 96.6 Å². The van der Waals surface area contributed by atoms with Crippen LogP contribution in [0.1, 0.15) is 75.1 Å². The summed E-state index contributed by atoms with van der Waals surface area (Å²) in [5.74, 6) is -2.25. The maximum atomic E-state index is 14.7. The first kappa shape index (κ1) is 39.5. The van der Waals surface area contributed by atoms with Crippen LogP contribution in [0.2, 0.25) is 0 Å². The van der Waals surface area contributed by atoms with E-state index in [0.29, 0.717) is 40.2 Å². The van der Waals surface area contributed by atoms with Gasteiger partial charge >= 0.3 is 6.18 Å². The van der Waals surface area contributed by atoms with Crippen LogP contribution in [0, 0.1) is 17.7 Å². The Morgan fingerprint density at radius 3 is 2.34 bits per heavy atom. The Kier molecular flexibility index (Phi) is 12.3. The highest BCUT2D eigenvalue weighted by atomic mass is 32.1. The summed E-state index contributed by atoms with van der Waals surface area (Å²) < 4.78 is 62.0. The van der Waals surface area contributed by atoms with Crippen molar-refractivity contribution in [3.63, 3.8) is 0 Å². The minimum Gasteiger partial charge on any atom is -0.467 e. The molecule has 284 valence electrons. The number of carbonyl (C=O) groups is 3. The Labute approximate surface area is 311 Å². The molecule has 5 atom stereocenters. The van der Waals surface area contributed by atoms with Crippen LogP contribution in [-0.4, -0.2) is 45.3 Å². The number of amides is 3. The largest absolute Gasteiger partial charge is 0.467 e. The van der Waals surface area contributed by atoms with E-state index in [4.69, 9.17) is 16.6 Å². The summed E-state index contributed by atoms with van der Waals surface area (Å²) in [6, 6.07) is 11.5. The van der Waals surface area contributed by atoms with Gasteiger partial charge in [-0.3, -0.25) is 14.4 Å². The van der Waals surface area contributed by atoms with Crippen LogP contribution >= 0.6 is 12.2 Å². The van der Waals surface area contributed by atoms with Gasteiger partial charge in [-0.15, -0.1) is 0 Å². The van der Waals surface area contributed by atoms with Gasteiger partial charge in [-0.25, -0.2) is 4.39 Å². The fraction of sp³-hybridized carbons (Fsp3) is 0.436. The van der Waals surface area contributed by atoms with Crippen molar-refractivity contribution in [3.05, 3.63) is 94.8 Å². The fourth-order valence-corrected chi connectivity index (χ4v) is 7.16. The molecule has 0 saturated carbocycles. The van der Waals surface area contributed by atoms with Gasteiger partial charge in [0.05, 0.1) is 41.3 Å². The number of furan rings is 1. The normalized spacial score (nSPS) is 18.0. The van der Waals surface area contributed by atoms with Crippen molar-refractivity contribution in [2.75, 3.05) is 0 Å². The van der Waals surface area contributed by atoms with Crippen LogP contribution in [0.25, 0.3) is 10.9 Å².